The molecule has 44 heavy (non-hydrogen) atoms. The van der Waals surface area contributed by atoms with Gasteiger partial charge in [0.15, 0.2) is 11.0 Å². The first-order valence-corrected chi connectivity index (χ1v) is 16.8. The zero-order valence-electron chi connectivity index (χ0n) is 25.8. The minimum atomic E-state index is -3.62. The maximum atomic E-state index is 13.1. The summed E-state index contributed by atoms with van der Waals surface area (Å²) in [7, 11) is -3.62. The molecule has 10 nitrogen and oxygen atoms in total. The number of anilines is 1. The van der Waals surface area contributed by atoms with Crippen molar-refractivity contribution in [1.82, 2.24) is 24.4 Å². The van der Waals surface area contributed by atoms with Gasteiger partial charge in [0.25, 0.3) is 5.91 Å². The number of thioether (sulfide) groups is 1. The first-order chi connectivity index (χ1) is 21.0. The van der Waals surface area contributed by atoms with Crippen molar-refractivity contribution >= 4 is 39.3 Å². The Morgan fingerprint density at radius 2 is 1.61 bits per heavy atom. The van der Waals surface area contributed by atoms with E-state index in [0.29, 0.717) is 29.6 Å². The number of amides is 2. The molecular formula is C32H38N6O4S2. The number of hydrogen-bond donors (Lipinski definition) is 2. The van der Waals surface area contributed by atoms with Gasteiger partial charge in [-0.2, -0.15) is 4.31 Å². The molecule has 12 heteroatoms. The second-order valence-corrected chi connectivity index (χ2v) is 13.3. The Labute approximate surface area is 263 Å². The number of aryl methyl sites for hydroxylation is 3. The van der Waals surface area contributed by atoms with Crippen molar-refractivity contribution in [3.63, 3.8) is 0 Å². The summed E-state index contributed by atoms with van der Waals surface area (Å²) < 4.78 is 28.8. The highest BCUT2D eigenvalue weighted by atomic mass is 32.2. The molecule has 0 aliphatic rings. The maximum absolute atomic E-state index is 13.1. The van der Waals surface area contributed by atoms with Crippen molar-refractivity contribution in [2.24, 2.45) is 0 Å². The smallest absolute Gasteiger partial charge is 0.251 e. The largest absolute Gasteiger partial charge is 0.345 e. The zero-order chi connectivity index (χ0) is 32.0. The lowest BCUT2D eigenvalue weighted by Gasteiger charge is -2.18. The Morgan fingerprint density at radius 3 is 2.30 bits per heavy atom. The van der Waals surface area contributed by atoms with E-state index in [0.717, 1.165) is 33.6 Å². The van der Waals surface area contributed by atoms with Crippen LogP contribution in [-0.4, -0.2) is 58.1 Å². The van der Waals surface area contributed by atoms with Crippen molar-refractivity contribution in [3.8, 4) is 5.69 Å². The summed E-state index contributed by atoms with van der Waals surface area (Å²) in [6.07, 6.45) is 0. The summed E-state index contributed by atoms with van der Waals surface area (Å²) >= 11 is 1.26. The summed E-state index contributed by atoms with van der Waals surface area (Å²) in [4.78, 5) is 26.1. The number of rotatable bonds is 12. The van der Waals surface area contributed by atoms with Crippen LogP contribution < -0.4 is 10.6 Å². The summed E-state index contributed by atoms with van der Waals surface area (Å²) in [5, 5.41) is 15.1. The zero-order valence-corrected chi connectivity index (χ0v) is 27.5. The Hall–Kier alpha value is -4.00. The van der Waals surface area contributed by atoms with Gasteiger partial charge in [0.2, 0.25) is 15.9 Å². The average Bonchev–Trinajstić information content (AvgIpc) is 3.41. The van der Waals surface area contributed by atoms with Gasteiger partial charge in [-0.05, 0) is 86.3 Å². The molecule has 0 fully saturated rings. The molecule has 0 aliphatic carbocycles. The molecule has 1 heterocycles. The van der Waals surface area contributed by atoms with Gasteiger partial charge in [-0.25, -0.2) is 8.42 Å². The number of aromatic nitrogens is 3. The van der Waals surface area contributed by atoms with Crippen LogP contribution in [0.2, 0.25) is 0 Å². The first-order valence-electron chi connectivity index (χ1n) is 14.3. The Balaban J connectivity index is 1.52. The van der Waals surface area contributed by atoms with Crippen molar-refractivity contribution in [3.05, 3.63) is 94.3 Å². The van der Waals surface area contributed by atoms with Gasteiger partial charge < -0.3 is 10.6 Å². The molecule has 3 aromatic carbocycles. The quantitative estimate of drug-likeness (QED) is 0.205. The molecule has 2 amide bonds. The predicted octanol–water partition coefficient (Wildman–Crippen LogP) is 5.19. The molecule has 232 valence electrons. The molecule has 0 atom stereocenters. The van der Waals surface area contributed by atoms with E-state index in [-0.39, 0.29) is 29.0 Å². The van der Waals surface area contributed by atoms with Crippen molar-refractivity contribution in [1.29, 1.82) is 0 Å². The summed E-state index contributed by atoms with van der Waals surface area (Å²) in [5.41, 5.74) is 6.07. The SMILES string of the molecule is CCN(CC)S(=O)(=O)c1ccc(C(=O)NCc2nnc(SCC(=O)Nc3cc(C)ccc3C)n2-c2cccc(C)c2C)cc1. The lowest BCUT2D eigenvalue weighted by Crippen LogP contribution is -2.30. The van der Waals surface area contributed by atoms with Gasteiger partial charge in [0, 0.05) is 24.3 Å². The molecule has 2 N–H and O–H groups in total. The fourth-order valence-corrected chi connectivity index (χ4v) is 6.89. The van der Waals surface area contributed by atoms with E-state index in [9.17, 15) is 18.0 Å². The van der Waals surface area contributed by atoms with Crippen LogP contribution in [0, 0.1) is 27.7 Å². The van der Waals surface area contributed by atoms with E-state index in [4.69, 9.17) is 0 Å². The minimum absolute atomic E-state index is 0.0634. The molecular weight excluding hydrogens is 597 g/mol. The van der Waals surface area contributed by atoms with Crippen molar-refractivity contribution in [2.75, 3.05) is 24.2 Å². The molecule has 0 saturated carbocycles. The third-order valence-corrected chi connectivity index (χ3v) is 10.4. The number of sulfonamides is 1. The molecule has 0 saturated heterocycles. The Kier molecular flexibility index (Phi) is 10.6. The number of nitrogens with zero attached hydrogens (tertiary/aromatic N) is 4. The van der Waals surface area contributed by atoms with Gasteiger partial charge in [0.1, 0.15) is 0 Å². The summed E-state index contributed by atoms with van der Waals surface area (Å²) in [6, 6.07) is 17.7. The fourth-order valence-electron chi connectivity index (χ4n) is 4.67. The van der Waals surface area contributed by atoms with Crippen molar-refractivity contribution < 1.29 is 18.0 Å². The maximum Gasteiger partial charge on any atom is 0.251 e. The molecule has 0 unspecified atom stereocenters. The Morgan fingerprint density at radius 1 is 0.909 bits per heavy atom. The van der Waals surface area contributed by atoms with Crippen LogP contribution in [0.5, 0.6) is 0 Å². The highest BCUT2D eigenvalue weighted by Crippen LogP contribution is 2.26. The second kappa shape index (κ2) is 14.2. The fraction of sp³-hybridized carbons (Fsp3) is 0.312. The molecule has 0 radical (unpaired) electrons. The van der Waals surface area contributed by atoms with Crippen LogP contribution in [0.25, 0.3) is 5.69 Å². The molecule has 1 aromatic heterocycles. The number of benzene rings is 3. The minimum Gasteiger partial charge on any atom is -0.345 e. The first kappa shape index (κ1) is 32.9. The number of carbonyl (C=O) groups is 2. The van der Waals surface area contributed by atoms with Gasteiger partial charge in [-0.1, -0.05) is 49.9 Å². The predicted molar refractivity (Wildman–Crippen MR) is 174 cm³/mol. The monoisotopic (exact) mass is 634 g/mol. The number of hydrogen-bond acceptors (Lipinski definition) is 7. The molecule has 4 rings (SSSR count). The van der Waals surface area contributed by atoms with E-state index in [2.05, 4.69) is 20.8 Å². The van der Waals surface area contributed by atoms with Gasteiger partial charge in [-0.15, -0.1) is 10.2 Å². The number of carbonyl (C=O) groups excluding carboxylic acids is 2. The van der Waals surface area contributed by atoms with Crippen LogP contribution in [0.15, 0.2) is 70.7 Å². The highest BCUT2D eigenvalue weighted by molar-refractivity contribution is 7.99. The molecule has 0 aliphatic heterocycles. The lowest BCUT2D eigenvalue weighted by atomic mass is 10.1. The summed E-state index contributed by atoms with van der Waals surface area (Å²) in [5.74, 6) is 0.0611. The number of nitrogens with one attached hydrogen (secondary N) is 2. The van der Waals surface area contributed by atoms with Gasteiger partial charge in [-0.3, -0.25) is 14.2 Å². The molecule has 0 spiro atoms. The van der Waals surface area contributed by atoms with Crippen LogP contribution in [-0.2, 0) is 21.4 Å². The standard InChI is InChI=1S/C32H38N6O4S2/c1-7-37(8-2)44(41,42)26-16-14-25(15-17-26)31(40)33-19-29-35-36-32(38(29)28-11-9-10-22(4)24(28)6)43-20-30(39)34-27-18-21(3)12-13-23(27)5/h9-18H,7-8,19-20H2,1-6H3,(H,33,40)(H,34,39). The van der Waals surface area contributed by atoms with Crippen LogP contribution in [0.3, 0.4) is 0 Å². The second-order valence-electron chi connectivity index (χ2n) is 10.4. The summed E-state index contributed by atoms with van der Waals surface area (Å²) in [6.45, 7) is 12.3. The van der Waals surface area contributed by atoms with Gasteiger partial charge in [0.05, 0.1) is 22.9 Å². The molecule has 0 bridgehead atoms. The van der Waals surface area contributed by atoms with Crippen LogP contribution in [0.4, 0.5) is 5.69 Å². The van der Waals surface area contributed by atoms with Crippen LogP contribution >= 0.6 is 11.8 Å². The van der Waals surface area contributed by atoms with Crippen molar-refractivity contribution in [2.45, 2.75) is 58.1 Å². The molecule has 4 aromatic rings. The topological polar surface area (TPSA) is 126 Å². The van der Waals surface area contributed by atoms with Gasteiger partial charge >= 0.3 is 0 Å². The van der Waals surface area contributed by atoms with E-state index in [1.807, 2.05) is 68.7 Å². The highest BCUT2D eigenvalue weighted by Gasteiger charge is 2.22. The van der Waals surface area contributed by atoms with Crippen LogP contribution in [0.1, 0.15) is 52.3 Å². The lowest BCUT2D eigenvalue weighted by molar-refractivity contribution is -0.113. The van der Waals surface area contributed by atoms with E-state index >= 15 is 0 Å². The third kappa shape index (κ3) is 7.37. The van der Waals surface area contributed by atoms with E-state index in [1.165, 1.54) is 40.3 Å². The average molecular weight is 635 g/mol. The Bertz CT molecular complexity index is 1760. The van der Waals surface area contributed by atoms with E-state index < -0.39 is 10.0 Å². The normalized spacial score (nSPS) is 11.5. The third-order valence-electron chi connectivity index (χ3n) is 7.38. The van der Waals surface area contributed by atoms with E-state index in [1.54, 1.807) is 13.8 Å².